The summed E-state index contributed by atoms with van der Waals surface area (Å²) in [6.07, 6.45) is 5.35. The van der Waals surface area contributed by atoms with Crippen LogP contribution in [0.3, 0.4) is 0 Å². The van der Waals surface area contributed by atoms with E-state index in [1.807, 2.05) is 47.3 Å². The van der Waals surface area contributed by atoms with E-state index in [9.17, 15) is 4.79 Å². The molecular weight excluding hydrogens is 436 g/mol. The third-order valence-electron chi connectivity index (χ3n) is 5.75. The maximum atomic E-state index is 12.6. The van der Waals surface area contributed by atoms with Crippen LogP contribution in [-0.4, -0.2) is 58.1 Å². The van der Waals surface area contributed by atoms with Crippen LogP contribution in [0.5, 0.6) is 0 Å². The van der Waals surface area contributed by atoms with Crippen LogP contribution in [-0.2, 0) is 22.5 Å². The molecule has 0 radical (unpaired) electrons. The van der Waals surface area contributed by atoms with Crippen LogP contribution in [0.15, 0.2) is 48.8 Å². The largest absolute Gasteiger partial charge is 0.379 e. The van der Waals surface area contributed by atoms with Crippen LogP contribution < -0.4 is 0 Å². The van der Waals surface area contributed by atoms with Crippen molar-refractivity contribution in [2.24, 2.45) is 5.92 Å². The Morgan fingerprint density at radius 2 is 1.97 bits per heavy atom. The summed E-state index contributed by atoms with van der Waals surface area (Å²) in [6.45, 7) is 9.01. The Labute approximate surface area is 200 Å². The highest BCUT2D eigenvalue weighted by atomic mass is 35.5. The van der Waals surface area contributed by atoms with Gasteiger partial charge in [-0.25, -0.2) is 4.98 Å². The number of carbonyl (C=O) groups is 1. The van der Waals surface area contributed by atoms with Gasteiger partial charge in [0, 0.05) is 49.0 Å². The second kappa shape index (κ2) is 11.1. The third-order valence-corrected chi connectivity index (χ3v) is 5.98. The molecule has 0 saturated carbocycles. The maximum Gasteiger partial charge on any atom is 0.152 e. The Hall–Kier alpha value is -2.54. The maximum absolute atomic E-state index is 12.6. The number of carbonyl (C=O) groups excluding carboxylic acids is 1. The topological polar surface area (TPSA) is 60.2 Å². The number of hydrogen-bond donors (Lipinski definition) is 0. The summed E-state index contributed by atoms with van der Waals surface area (Å²) in [4.78, 5) is 24.5. The lowest BCUT2D eigenvalue weighted by molar-refractivity contribution is -0.120. The van der Waals surface area contributed by atoms with Crippen LogP contribution in [0.1, 0.15) is 25.8 Å². The molecule has 0 atom stereocenters. The van der Waals surface area contributed by atoms with Crippen molar-refractivity contribution in [3.8, 4) is 22.8 Å². The number of nitrogens with zero attached hydrogens (tertiary/aromatic N) is 4. The van der Waals surface area contributed by atoms with Crippen LogP contribution >= 0.6 is 11.6 Å². The molecule has 3 aromatic rings. The van der Waals surface area contributed by atoms with Gasteiger partial charge in [0.15, 0.2) is 5.78 Å². The molecule has 33 heavy (non-hydrogen) atoms. The van der Waals surface area contributed by atoms with Gasteiger partial charge < -0.3 is 9.30 Å². The third kappa shape index (κ3) is 6.50. The van der Waals surface area contributed by atoms with Crippen molar-refractivity contribution in [1.29, 1.82) is 0 Å². The van der Waals surface area contributed by atoms with Crippen molar-refractivity contribution in [3.63, 3.8) is 0 Å². The molecule has 7 heteroatoms. The van der Waals surface area contributed by atoms with E-state index < -0.39 is 0 Å². The minimum Gasteiger partial charge on any atom is -0.379 e. The molecule has 4 rings (SSSR count). The Morgan fingerprint density at radius 3 is 2.67 bits per heavy atom. The van der Waals surface area contributed by atoms with Crippen LogP contribution in [0.2, 0.25) is 5.02 Å². The highest BCUT2D eigenvalue weighted by Gasteiger charge is 2.16. The molecule has 6 nitrogen and oxygen atoms in total. The average molecular weight is 467 g/mol. The van der Waals surface area contributed by atoms with Gasteiger partial charge in [-0.2, -0.15) is 0 Å². The van der Waals surface area contributed by atoms with E-state index in [1.54, 1.807) is 0 Å². The lowest BCUT2D eigenvalue weighted by Gasteiger charge is -2.26. The summed E-state index contributed by atoms with van der Waals surface area (Å²) in [7, 11) is 0. The Balaban J connectivity index is 1.54. The summed E-state index contributed by atoms with van der Waals surface area (Å²) >= 11 is 6.22. The molecule has 0 bridgehead atoms. The number of ether oxygens (including phenoxy) is 1. The van der Waals surface area contributed by atoms with E-state index >= 15 is 0 Å². The van der Waals surface area contributed by atoms with Gasteiger partial charge in [-0.15, -0.1) is 0 Å². The van der Waals surface area contributed by atoms with Crippen molar-refractivity contribution in [2.45, 2.75) is 33.2 Å². The Kier molecular flexibility index (Phi) is 7.91. The zero-order chi connectivity index (χ0) is 23.2. The number of Topliss-reactive ketones (excluding diaryl/α,β-unsaturated/α-hetero) is 1. The summed E-state index contributed by atoms with van der Waals surface area (Å²) in [5.41, 5.74) is 3.63. The van der Waals surface area contributed by atoms with Gasteiger partial charge in [-0.3, -0.25) is 14.7 Å². The van der Waals surface area contributed by atoms with Gasteiger partial charge in [-0.1, -0.05) is 43.6 Å². The lowest BCUT2D eigenvalue weighted by atomic mass is 10.1. The minimum atomic E-state index is 0.184. The fourth-order valence-corrected chi connectivity index (χ4v) is 4.25. The smallest absolute Gasteiger partial charge is 0.152 e. The molecule has 0 aliphatic carbocycles. The first-order chi connectivity index (χ1) is 16.0. The summed E-state index contributed by atoms with van der Waals surface area (Å²) in [5, 5.41) is 0.639. The first kappa shape index (κ1) is 23.6. The summed E-state index contributed by atoms with van der Waals surface area (Å²) < 4.78 is 7.33. The molecular formula is C26H31ClN4O2. The number of aromatic nitrogens is 3. The molecule has 0 N–H and O–H groups in total. The van der Waals surface area contributed by atoms with Crippen molar-refractivity contribution < 1.29 is 9.53 Å². The summed E-state index contributed by atoms with van der Waals surface area (Å²) in [5.74, 6) is 1.23. The number of halogens is 1. The molecule has 0 amide bonds. The lowest BCUT2D eigenvalue weighted by Crippen LogP contribution is -2.37. The predicted octanol–water partition coefficient (Wildman–Crippen LogP) is 4.76. The molecule has 0 unspecified atom stereocenters. The fraction of sp³-hybridized carbons (Fsp3) is 0.423. The highest BCUT2D eigenvalue weighted by Crippen LogP contribution is 2.26. The zero-order valence-electron chi connectivity index (χ0n) is 19.3. The van der Waals surface area contributed by atoms with E-state index in [0.29, 0.717) is 17.4 Å². The van der Waals surface area contributed by atoms with Gasteiger partial charge in [0.2, 0.25) is 0 Å². The number of rotatable bonds is 9. The summed E-state index contributed by atoms with van der Waals surface area (Å²) in [6, 6.07) is 11.7. The molecule has 2 aromatic heterocycles. The molecule has 1 saturated heterocycles. The predicted molar refractivity (Wildman–Crippen MR) is 131 cm³/mol. The quantitative estimate of drug-likeness (QED) is 0.455. The fourth-order valence-electron chi connectivity index (χ4n) is 4.06. The van der Waals surface area contributed by atoms with Crippen LogP contribution in [0, 0.1) is 5.92 Å². The molecule has 174 valence electrons. The van der Waals surface area contributed by atoms with Gasteiger partial charge >= 0.3 is 0 Å². The van der Waals surface area contributed by atoms with Crippen molar-refractivity contribution in [2.75, 3.05) is 32.8 Å². The van der Waals surface area contributed by atoms with E-state index in [0.717, 1.165) is 62.0 Å². The van der Waals surface area contributed by atoms with Gasteiger partial charge in [0.25, 0.3) is 0 Å². The minimum absolute atomic E-state index is 0.184. The number of pyridine rings is 1. The van der Waals surface area contributed by atoms with Gasteiger partial charge in [0.05, 0.1) is 25.5 Å². The number of hydrogen-bond acceptors (Lipinski definition) is 5. The number of ketones is 1. The van der Waals surface area contributed by atoms with Crippen molar-refractivity contribution in [1.82, 2.24) is 19.4 Å². The van der Waals surface area contributed by atoms with Gasteiger partial charge in [0.1, 0.15) is 11.5 Å². The monoisotopic (exact) mass is 466 g/mol. The van der Waals surface area contributed by atoms with E-state index in [2.05, 4.69) is 29.8 Å². The van der Waals surface area contributed by atoms with Crippen molar-refractivity contribution >= 4 is 17.4 Å². The molecule has 0 spiro atoms. The second-order valence-corrected chi connectivity index (χ2v) is 9.42. The number of imidazole rings is 1. The zero-order valence-corrected chi connectivity index (χ0v) is 20.1. The number of morpholine rings is 1. The standard InChI is InChI=1S/C26H31ClN4O2/c1-19(2)14-23(32)17-31-18-25(29-26(31)21-4-3-5-22(27)15-21)24-7-6-20(16-28-24)8-9-30-10-12-33-13-11-30/h3-7,15-16,18-19H,8-14,17H2,1-2H3. The van der Waals surface area contributed by atoms with Crippen LogP contribution in [0.4, 0.5) is 0 Å². The number of benzene rings is 1. The molecule has 1 aliphatic heterocycles. The van der Waals surface area contributed by atoms with Crippen LogP contribution in [0.25, 0.3) is 22.8 Å². The van der Waals surface area contributed by atoms with Crippen molar-refractivity contribution in [3.05, 3.63) is 59.4 Å². The Bertz CT molecular complexity index is 1070. The molecule has 1 fully saturated rings. The normalized spacial score (nSPS) is 14.7. The van der Waals surface area contributed by atoms with E-state index in [1.165, 1.54) is 5.56 Å². The SMILES string of the molecule is CC(C)CC(=O)Cn1cc(-c2ccc(CCN3CCOCC3)cn2)nc1-c1cccc(Cl)c1. The Morgan fingerprint density at radius 1 is 1.15 bits per heavy atom. The molecule has 3 heterocycles. The molecule has 1 aliphatic rings. The second-order valence-electron chi connectivity index (χ2n) is 8.98. The first-order valence-electron chi connectivity index (χ1n) is 11.6. The average Bonchev–Trinajstić information content (AvgIpc) is 3.22. The highest BCUT2D eigenvalue weighted by molar-refractivity contribution is 6.30. The first-order valence-corrected chi connectivity index (χ1v) is 12.0. The van der Waals surface area contributed by atoms with Gasteiger partial charge in [-0.05, 0) is 36.1 Å². The van der Waals surface area contributed by atoms with E-state index in [4.69, 9.17) is 21.3 Å². The molecule has 1 aromatic carbocycles. The van der Waals surface area contributed by atoms with E-state index in [-0.39, 0.29) is 12.3 Å².